The fourth-order valence-electron chi connectivity index (χ4n) is 5.26. The van der Waals surface area contributed by atoms with Gasteiger partial charge in [-0.2, -0.15) is 18.2 Å². The maximum Gasteiger partial charge on any atom is 0.419 e. The highest BCUT2D eigenvalue weighted by molar-refractivity contribution is 5.66. The number of rotatable bonds is 4. The molecule has 0 amide bonds. The van der Waals surface area contributed by atoms with Crippen molar-refractivity contribution >= 4 is 17.6 Å². The Morgan fingerprint density at radius 1 is 0.892 bits per heavy atom. The number of piperazine rings is 1. The number of halogens is 4. The summed E-state index contributed by atoms with van der Waals surface area (Å²) in [5, 5.41) is 0. The van der Waals surface area contributed by atoms with Gasteiger partial charge in [-0.3, -0.25) is 0 Å². The second-order valence-corrected chi connectivity index (χ2v) is 9.90. The minimum absolute atomic E-state index is 0.0415. The maximum atomic E-state index is 14.0. The van der Waals surface area contributed by atoms with Crippen molar-refractivity contribution in [2.45, 2.75) is 51.9 Å². The molecular weight excluding hydrogens is 484 g/mol. The lowest BCUT2D eigenvalue weighted by Crippen LogP contribution is -2.47. The average Bonchev–Trinajstić information content (AvgIpc) is 3.22. The molecule has 0 N–H and O–H groups in total. The van der Waals surface area contributed by atoms with Gasteiger partial charge in [0.05, 0.1) is 11.3 Å². The smallest absolute Gasteiger partial charge is 0.353 e. The van der Waals surface area contributed by atoms with Crippen LogP contribution in [0.5, 0.6) is 0 Å². The molecule has 196 valence electrons. The highest BCUT2D eigenvalue weighted by atomic mass is 19.4. The molecule has 0 saturated carbocycles. The van der Waals surface area contributed by atoms with E-state index in [1.165, 1.54) is 18.3 Å². The van der Waals surface area contributed by atoms with Crippen LogP contribution in [0.4, 0.5) is 35.1 Å². The number of pyridine rings is 1. The number of hydrogen-bond acceptors (Lipinski definition) is 6. The Balaban J connectivity index is 1.46. The van der Waals surface area contributed by atoms with Gasteiger partial charge in [0.15, 0.2) is 0 Å². The van der Waals surface area contributed by atoms with Gasteiger partial charge in [0.2, 0.25) is 5.95 Å². The third kappa shape index (κ3) is 5.06. The fraction of sp³-hybridized carbons (Fsp3) is 0.444. The molecule has 6 nitrogen and oxygen atoms in total. The Kier molecular flexibility index (Phi) is 6.68. The first-order chi connectivity index (χ1) is 17.6. The van der Waals surface area contributed by atoms with Crippen molar-refractivity contribution < 1.29 is 17.6 Å². The quantitative estimate of drug-likeness (QED) is 0.416. The zero-order chi connectivity index (χ0) is 26.3. The lowest BCUT2D eigenvalue weighted by Gasteiger charge is -2.37. The van der Waals surface area contributed by atoms with Crippen LogP contribution in [0, 0.1) is 12.7 Å². The summed E-state index contributed by atoms with van der Waals surface area (Å²) in [7, 11) is 0. The van der Waals surface area contributed by atoms with Crippen LogP contribution in [-0.4, -0.2) is 53.2 Å². The zero-order valence-electron chi connectivity index (χ0n) is 21.1. The molecule has 5 rings (SSSR count). The summed E-state index contributed by atoms with van der Waals surface area (Å²) < 4.78 is 54.6. The van der Waals surface area contributed by atoms with Gasteiger partial charge in [-0.05, 0) is 69.5 Å². The Hall–Kier alpha value is -3.43. The van der Waals surface area contributed by atoms with Crippen molar-refractivity contribution in [1.29, 1.82) is 0 Å². The summed E-state index contributed by atoms with van der Waals surface area (Å²) in [4.78, 5) is 19.8. The van der Waals surface area contributed by atoms with Gasteiger partial charge in [0, 0.05) is 56.1 Å². The van der Waals surface area contributed by atoms with Crippen LogP contribution in [0.15, 0.2) is 42.6 Å². The molecule has 3 aromatic rings. The Morgan fingerprint density at radius 2 is 1.57 bits per heavy atom. The van der Waals surface area contributed by atoms with Gasteiger partial charge < -0.3 is 14.7 Å². The van der Waals surface area contributed by atoms with Crippen LogP contribution in [0.3, 0.4) is 0 Å². The van der Waals surface area contributed by atoms with E-state index in [4.69, 9.17) is 9.97 Å². The molecule has 2 saturated heterocycles. The maximum absolute atomic E-state index is 14.0. The molecule has 37 heavy (non-hydrogen) atoms. The Labute approximate surface area is 214 Å². The number of benzene rings is 1. The Bertz CT molecular complexity index is 1260. The van der Waals surface area contributed by atoms with E-state index >= 15 is 0 Å². The lowest BCUT2D eigenvalue weighted by molar-refractivity contribution is -0.137. The van der Waals surface area contributed by atoms with E-state index in [-0.39, 0.29) is 23.7 Å². The topological polar surface area (TPSA) is 48.4 Å². The first-order valence-corrected chi connectivity index (χ1v) is 12.6. The summed E-state index contributed by atoms with van der Waals surface area (Å²) >= 11 is 0. The molecule has 0 bridgehead atoms. The van der Waals surface area contributed by atoms with Crippen molar-refractivity contribution in [3.05, 3.63) is 59.5 Å². The second kappa shape index (κ2) is 9.79. The fourth-order valence-corrected chi connectivity index (χ4v) is 5.26. The Morgan fingerprint density at radius 3 is 2.22 bits per heavy atom. The summed E-state index contributed by atoms with van der Waals surface area (Å²) in [6.07, 6.45) is -0.982. The lowest BCUT2D eigenvalue weighted by atomic mass is 10.1. The van der Waals surface area contributed by atoms with Gasteiger partial charge in [0.25, 0.3) is 0 Å². The van der Waals surface area contributed by atoms with E-state index in [1.54, 1.807) is 24.0 Å². The molecule has 1 aromatic carbocycles. The normalized spacial score (nSPS) is 20.6. The molecule has 4 heterocycles. The highest BCUT2D eigenvalue weighted by Gasteiger charge is 2.36. The van der Waals surface area contributed by atoms with Crippen LogP contribution >= 0.6 is 0 Å². The number of anilines is 3. The third-order valence-corrected chi connectivity index (χ3v) is 7.33. The molecule has 2 atom stereocenters. The van der Waals surface area contributed by atoms with Gasteiger partial charge in [-0.25, -0.2) is 14.4 Å². The minimum atomic E-state index is -4.46. The first kappa shape index (κ1) is 25.2. The van der Waals surface area contributed by atoms with Crippen molar-refractivity contribution in [2.75, 3.05) is 40.9 Å². The number of aromatic nitrogens is 3. The van der Waals surface area contributed by atoms with E-state index in [0.29, 0.717) is 49.2 Å². The number of hydrogen-bond donors (Lipinski definition) is 0. The molecule has 2 unspecified atom stereocenters. The zero-order valence-corrected chi connectivity index (χ0v) is 21.1. The predicted molar refractivity (Wildman–Crippen MR) is 136 cm³/mol. The summed E-state index contributed by atoms with van der Waals surface area (Å²) in [6.45, 7) is 7.76. The van der Waals surface area contributed by atoms with Crippen LogP contribution in [0.2, 0.25) is 0 Å². The molecule has 0 aliphatic carbocycles. The van der Waals surface area contributed by atoms with Crippen LogP contribution in [-0.2, 0) is 6.18 Å². The highest BCUT2D eigenvalue weighted by Crippen LogP contribution is 2.36. The first-order valence-electron chi connectivity index (χ1n) is 12.6. The number of alkyl halides is 3. The van der Waals surface area contributed by atoms with Crippen LogP contribution in [0.1, 0.15) is 37.8 Å². The monoisotopic (exact) mass is 514 g/mol. The van der Waals surface area contributed by atoms with Crippen molar-refractivity contribution in [1.82, 2.24) is 15.0 Å². The molecule has 0 spiro atoms. The van der Waals surface area contributed by atoms with E-state index in [0.717, 1.165) is 24.5 Å². The second-order valence-electron chi connectivity index (χ2n) is 9.90. The molecule has 2 aliphatic rings. The number of aryl methyl sites for hydroxylation is 1. The van der Waals surface area contributed by atoms with Crippen molar-refractivity contribution in [3.8, 4) is 11.3 Å². The van der Waals surface area contributed by atoms with E-state index in [2.05, 4.69) is 28.6 Å². The molecule has 2 aliphatic heterocycles. The summed E-state index contributed by atoms with van der Waals surface area (Å²) in [5.74, 6) is 1.02. The predicted octanol–water partition coefficient (Wildman–Crippen LogP) is 5.71. The molecule has 2 fully saturated rings. The van der Waals surface area contributed by atoms with Crippen LogP contribution in [0.25, 0.3) is 11.3 Å². The van der Waals surface area contributed by atoms with Crippen molar-refractivity contribution in [3.63, 3.8) is 0 Å². The molecule has 10 heteroatoms. The van der Waals surface area contributed by atoms with E-state index < -0.39 is 11.7 Å². The SMILES string of the molecule is Cc1cc(-c2cc(N3CCN(c4ncccc4C(F)(F)F)CC3)nc(N3C(C)CCC3C)n2)ccc1F. The third-order valence-electron chi connectivity index (χ3n) is 7.33. The van der Waals surface area contributed by atoms with E-state index in [9.17, 15) is 17.6 Å². The minimum Gasteiger partial charge on any atom is -0.353 e. The van der Waals surface area contributed by atoms with Gasteiger partial charge in [-0.1, -0.05) is 0 Å². The number of nitrogens with zero attached hydrogens (tertiary/aromatic N) is 6. The van der Waals surface area contributed by atoms with Gasteiger partial charge in [-0.15, -0.1) is 0 Å². The van der Waals surface area contributed by atoms with Crippen LogP contribution < -0.4 is 14.7 Å². The van der Waals surface area contributed by atoms with Gasteiger partial charge in [0.1, 0.15) is 17.5 Å². The van der Waals surface area contributed by atoms with Gasteiger partial charge >= 0.3 is 6.18 Å². The molecule has 0 radical (unpaired) electrons. The summed E-state index contributed by atoms with van der Waals surface area (Å²) in [5.41, 5.74) is 1.30. The molecular formula is C27H30F4N6. The average molecular weight is 515 g/mol. The standard InChI is InChI=1S/C27H30F4N6/c1-17-15-20(8-9-22(17)28)23-16-24(34-26(33-23)37-18(2)6-7-19(37)3)35-11-13-36(14-12-35)25-21(27(29,30)31)5-4-10-32-25/h4-5,8-10,15-16,18-19H,6-7,11-14H2,1-3H3. The largest absolute Gasteiger partial charge is 0.419 e. The van der Waals surface area contributed by atoms with E-state index in [1.807, 2.05) is 6.07 Å². The van der Waals surface area contributed by atoms with Crippen molar-refractivity contribution in [2.24, 2.45) is 0 Å². The summed E-state index contributed by atoms with van der Waals surface area (Å²) in [6, 6.07) is 9.78. The molecule has 2 aromatic heterocycles.